The van der Waals surface area contributed by atoms with E-state index in [9.17, 15) is 0 Å². The molecule has 6 atom stereocenters. The Hall–Kier alpha value is -8.54. The Morgan fingerprint density at radius 2 is 0.753 bits per heavy atom. The lowest BCUT2D eigenvalue weighted by Gasteiger charge is -2.53. The highest BCUT2D eigenvalue weighted by Gasteiger charge is 2.51. The predicted molar refractivity (Wildman–Crippen MR) is 378 cm³/mol. The third-order valence-electron chi connectivity index (χ3n) is 21.6. The van der Waals surface area contributed by atoms with Crippen LogP contribution in [0.5, 0.6) is 0 Å². The van der Waals surface area contributed by atoms with E-state index < -0.39 is 0 Å². The summed E-state index contributed by atoms with van der Waals surface area (Å²) in [7, 11) is 0. The van der Waals surface area contributed by atoms with Crippen molar-refractivity contribution >= 4 is 80.0 Å². The fourth-order valence-electron chi connectivity index (χ4n) is 17.6. The molecule has 0 radical (unpaired) electrons. The molecule has 0 fully saturated rings. The Kier molecular flexibility index (Phi) is 15.5. The molecular formula is C84H83BN4. The minimum atomic E-state index is -0.0452. The van der Waals surface area contributed by atoms with E-state index in [1.165, 1.54) is 126 Å². The first-order chi connectivity index (χ1) is 44.2. The smallest absolute Gasteiger partial charge is 0.252 e. The van der Waals surface area contributed by atoms with E-state index >= 15 is 0 Å². The highest BCUT2D eigenvalue weighted by molar-refractivity contribution is 7.00. The van der Waals surface area contributed by atoms with Gasteiger partial charge < -0.3 is 19.6 Å². The number of benzene rings is 8. The molecule has 0 saturated heterocycles. The van der Waals surface area contributed by atoms with Crippen LogP contribution >= 0.6 is 0 Å². The molecule has 442 valence electrons. The van der Waals surface area contributed by atoms with Crippen LogP contribution in [0.25, 0.3) is 11.1 Å². The van der Waals surface area contributed by atoms with Gasteiger partial charge in [0.1, 0.15) is 0 Å². The second kappa shape index (κ2) is 24.8. The van der Waals surface area contributed by atoms with Crippen molar-refractivity contribution in [1.82, 2.24) is 0 Å². The molecule has 0 saturated carbocycles. The predicted octanol–water partition coefficient (Wildman–Crippen LogP) is 20.8. The number of hydrogen-bond acceptors (Lipinski definition) is 4. The molecule has 0 bridgehead atoms. The van der Waals surface area contributed by atoms with Crippen molar-refractivity contribution < 1.29 is 0 Å². The van der Waals surface area contributed by atoms with E-state index in [2.05, 4.69) is 268 Å². The summed E-state index contributed by atoms with van der Waals surface area (Å²) in [5.41, 5.74) is 26.0. The summed E-state index contributed by atoms with van der Waals surface area (Å²) in [6, 6.07) is 77.0. The first-order valence-corrected chi connectivity index (χ1v) is 34.2. The molecule has 89 heavy (non-hydrogen) atoms. The lowest BCUT2D eigenvalue weighted by atomic mass is 9.33. The van der Waals surface area contributed by atoms with Gasteiger partial charge in [0.25, 0.3) is 6.71 Å². The molecular weight excluding hydrogens is 1080 g/mol. The van der Waals surface area contributed by atoms with Crippen molar-refractivity contribution in [3.8, 4) is 11.1 Å². The molecule has 0 aromatic heterocycles. The monoisotopic (exact) mass is 1160 g/mol. The SMILES string of the molecule is C1=CCC(C2=CCCC(C3=CCCCC3)C2N2c3cc(N(c4ccccc4)c4ccccc4)ccc3B3c4ccc(N(c5ccccc5)c5ccccc5)cc4N(C4C(C5CC=CCC5)=CCCC4C4=CCCCC4)c4cc(-c5ccccc5)cc2c43)CC1. The van der Waals surface area contributed by atoms with Gasteiger partial charge in [-0.15, -0.1) is 0 Å². The molecule has 0 amide bonds. The Morgan fingerprint density at radius 3 is 1.13 bits per heavy atom. The molecule has 2 heterocycles. The maximum Gasteiger partial charge on any atom is 0.252 e. The highest BCUT2D eigenvalue weighted by atomic mass is 15.2. The Morgan fingerprint density at radius 1 is 0.337 bits per heavy atom. The van der Waals surface area contributed by atoms with Gasteiger partial charge in [0.15, 0.2) is 0 Å². The molecule has 8 aliphatic rings. The van der Waals surface area contributed by atoms with Crippen molar-refractivity contribution in [2.24, 2.45) is 23.7 Å². The standard InChI is InChI=1S/C84H83BN4/c1-10-30-60(31-11-1)65-56-80-82-81(57-65)89(84-74(63-36-16-4-17-37-63)50-29-51-75(84)64-38-18-5-19-39-64)79-59-71(87(68-44-24-8-25-45-68)69-46-26-9-27-47-69)53-55-77(79)85(82)76-54-52-70(86(66-40-20-6-21-41-66)67-42-22-7-23-43-67)58-78(76)88(80)83-72(61-32-12-2-13-33-61)48-28-49-73(83)62-34-14-3-15-35-62/h1-2,4,6-12,16,20-27,30-31,34,38,40-48,50,52-59,61,63,73,75,83-84H,3,5,13-15,17-19,28-29,32-33,35-37,39,49,51H2. The summed E-state index contributed by atoms with van der Waals surface area (Å²) in [5, 5.41) is 0. The van der Waals surface area contributed by atoms with Crippen molar-refractivity contribution in [2.75, 3.05) is 19.6 Å². The van der Waals surface area contributed by atoms with Crippen molar-refractivity contribution in [1.29, 1.82) is 0 Å². The number of para-hydroxylation sites is 4. The average molecular weight is 1160 g/mol. The van der Waals surface area contributed by atoms with Crippen LogP contribution in [0.3, 0.4) is 0 Å². The number of anilines is 10. The van der Waals surface area contributed by atoms with Gasteiger partial charge in [-0.2, -0.15) is 0 Å². The van der Waals surface area contributed by atoms with Gasteiger partial charge >= 0.3 is 0 Å². The summed E-state index contributed by atoms with van der Waals surface area (Å²) in [5.74, 6) is 1.74. The van der Waals surface area contributed by atoms with Crippen LogP contribution in [-0.2, 0) is 0 Å². The number of allylic oxidation sites excluding steroid dienone is 8. The van der Waals surface area contributed by atoms with E-state index in [1.54, 1.807) is 22.3 Å². The molecule has 4 nitrogen and oxygen atoms in total. The Bertz CT molecular complexity index is 3730. The first kappa shape index (κ1) is 55.8. The first-order valence-electron chi connectivity index (χ1n) is 34.2. The van der Waals surface area contributed by atoms with Gasteiger partial charge in [-0.1, -0.05) is 175 Å². The van der Waals surface area contributed by atoms with Crippen molar-refractivity contribution in [2.45, 2.75) is 128 Å². The maximum atomic E-state index is 3.02. The lowest BCUT2D eigenvalue weighted by Crippen LogP contribution is -2.65. The van der Waals surface area contributed by atoms with E-state index in [1.807, 2.05) is 0 Å². The summed E-state index contributed by atoms with van der Waals surface area (Å²) in [4.78, 5) is 11.1. The van der Waals surface area contributed by atoms with Crippen LogP contribution < -0.4 is 36.0 Å². The lowest BCUT2D eigenvalue weighted by molar-refractivity contribution is 0.391. The van der Waals surface area contributed by atoms with Crippen LogP contribution in [0, 0.1) is 23.7 Å². The minimum Gasteiger partial charge on any atom is -0.334 e. The van der Waals surface area contributed by atoms with E-state index in [0.29, 0.717) is 23.7 Å². The molecule has 6 unspecified atom stereocenters. The van der Waals surface area contributed by atoms with Crippen molar-refractivity contribution in [3.63, 3.8) is 0 Å². The van der Waals surface area contributed by atoms with E-state index in [-0.39, 0.29) is 18.8 Å². The van der Waals surface area contributed by atoms with E-state index in [4.69, 9.17) is 0 Å². The topological polar surface area (TPSA) is 13.0 Å². The Balaban J connectivity index is 1.02. The molecule has 8 aromatic carbocycles. The van der Waals surface area contributed by atoms with Crippen LogP contribution in [-0.4, -0.2) is 18.8 Å². The molecule has 6 aliphatic carbocycles. The number of hydrogen-bond donors (Lipinski definition) is 0. The molecule has 16 rings (SSSR count). The van der Waals surface area contributed by atoms with Gasteiger partial charge in [0, 0.05) is 68.7 Å². The molecule has 5 heteroatoms. The summed E-state index contributed by atoms with van der Waals surface area (Å²) in [6.07, 6.45) is 42.2. The second-order valence-corrected chi connectivity index (χ2v) is 26.6. The van der Waals surface area contributed by atoms with E-state index in [0.717, 1.165) is 74.1 Å². The van der Waals surface area contributed by atoms with Gasteiger partial charge in [0.05, 0.1) is 12.1 Å². The van der Waals surface area contributed by atoms with Gasteiger partial charge in [-0.25, -0.2) is 0 Å². The quantitative estimate of drug-likeness (QED) is 0.0842. The van der Waals surface area contributed by atoms with Crippen LogP contribution in [0.4, 0.5) is 56.9 Å². The summed E-state index contributed by atoms with van der Waals surface area (Å²) in [6.45, 7) is -0.0452. The molecule has 0 spiro atoms. The second-order valence-electron chi connectivity index (χ2n) is 26.6. The molecule has 0 N–H and O–H groups in total. The molecule has 2 aliphatic heterocycles. The number of nitrogens with zero attached hydrogens (tertiary/aromatic N) is 4. The minimum absolute atomic E-state index is 0.0452. The van der Waals surface area contributed by atoms with Crippen LogP contribution in [0.1, 0.15) is 116 Å². The fourth-order valence-corrected chi connectivity index (χ4v) is 17.6. The van der Waals surface area contributed by atoms with Gasteiger partial charge in [0.2, 0.25) is 0 Å². The zero-order valence-electron chi connectivity index (χ0n) is 51.7. The molecule has 8 aromatic rings. The normalized spacial score (nSPS) is 22.8. The number of rotatable bonds is 13. The van der Waals surface area contributed by atoms with Crippen LogP contribution in [0.2, 0.25) is 0 Å². The van der Waals surface area contributed by atoms with Gasteiger partial charge in [-0.05, 0) is 251 Å². The zero-order chi connectivity index (χ0) is 59.0. The van der Waals surface area contributed by atoms with Crippen molar-refractivity contribution in [3.05, 3.63) is 271 Å². The van der Waals surface area contributed by atoms with Gasteiger partial charge in [-0.3, -0.25) is 0 Å². The largest absolute Gasteiger partial charge is 0.334 e. The number of fused-ring (bicyclic) bond motifs is 4. The fraction of sp³-hybridized carbons (Fsp3) is 0.286. The summed E-state index contributed by atoms with van der Waals surface area (Å²) >= 11 is 0. The average Bonchev–Trinajstić information content (AvgIpc) is 0.716. The maximum absolute atomic E-state index is 3.02. The summed E-state index contributed by atoms with van der Waals surface area (Å²) < 4.78 is 0. The third-order valence-corrected chi connectivity index (χ3v) is 21.6. The Labute approximate surface area is 530 Å². The van der Waals surface area contributed by atoms with Crippen LogP contribution in [0.15, 0.2) is 271 Å². The highest BCUT2D eigenvalue weighted by Crippen LogP contribution is 2.54. The zero-order valence-corrected chi connectivity index (χ0v) is 51.7. The third kappa shape index (κ3) is 10.5.